The smallest absolute Gasteiger partial charge is 0.261 e. The maximum absolute atomic E-state index is 14.2. The lowest BCUT2D eigenvalue weighted by Gasteiger charge is -2.57. The third-order valence-corrected chi connectivity index (χ3v) is 15.7. The molecule has 0 amide bonds. The van der Waals surface area contributed by atoms with E-state index in [1.54, 1.807) is 24.3 Å². The molecule has 1 saturated carbocycles. The summed E-state index contributed by atoms with van der Waals surface area (Å²) >= 11 is 0. The van der Waals surface area contributed by atoms with Gasteiger partial charge >= 0.3 is 0 Å². The van der Waals surface area contributed by atoms with Gasteiger partial charge in [-0.15, -0.1) is 6.58 Å². The number of allylic oxidation sites excluding steroid dienone is 1. The highest BCUT2D eigenvalue weighted by molar-refractivity contribution is 7.93. The van der Waals surface area contributed by atoms with Crippen LogP contribution in [-0.4, -0.2) is 28.1 Å². The topological polar surface area (TPSA) is 43.4 Å². The van der Waals surface area contributed by atoms with Crippen LogP contribution in [0.1, 0.15) is 40.5 Å². The van der Waals surface area contributed by atoms with Gasteiger partial charge in [0.05, 0.1) is 11.5 Å². The van der Waals surface area contributed by atoms with E-state index in [4.69, 9.17) is 4.43 Å². The van der Waals surface area contributed by atoms with E-state index in [1.807, 2.05) is 55.5 Å². The van der Waals surface area contributed by atoms with E-state index >= 15 is 0 Å². The van der Waals surface area contributed by atoms with Gasteiger partial charge in [-0.05, 0) is 40.4 Å². The monoisotopic (exact) mass is 504 g/mol. The molecule has 3 nitrogen and oxygen atoms in total. The summed E-state index contributed by atoms with van der Waals surface area (Å²) in [6.07, 6.45) is 3.14. The molecule has 0 aliphatic heterocycles. The van der Waals surface area contributed by atoms with Gasteiger partial charge in [-0.2, -0.15) is 0 Å². The van der Waals surface area contributed by atoms with E-state index in [0.717, 1.165) is 16.8 Å². The summed E-state index contributed by atoms with van der Waals surface area (Å²) in [6.45, 7) is 12.8. The normalized spacial score (nSPS) is 22.9. The van der Waals surface area contributed by atoms with Crippen molar-refractivity contribution < 1.29 is 12.8 Å². The molecule has 4 rings (SSSR count). The minimum atomic E-state index is -3.69. The van der Waals surface area contributed by atoms with Gasteiger partial charge < -0.3 is 4.43 Å². The molecule has 0 spiro atoms. The van der Waals surface area contributed by atoms with Crippen LogP contribution in [0.25, 0.3) is 0 Å². The minimum absolute atomic E-state index is 0.125. The van der Waals surface area contributed by atoms with Crippen LogP contribution in [0.15, 0.2) is 109 Å². The Labute approximate surface area is 211 Å². The molecular weight excluding hydrogens is 468 g/mol. The third kappa shape index (κ3) is 3.94. The molecule has 35 heavy (non-hydrogen) atoms. The molecule has 0 radical (unpaired) electrons. The summed E-state index contributed by atoms with van der Waals surface area (Å²) in [5.74, 6) is 0. The molecule has 2 atom stereocenters. The molecule has 1 fully saturated rings. The molecular formula is C30H36O3SSi. The van der Waals surface area contributed by atoms with Gasteiger partial charge in [0.2, 0.25) is 0 Å². The molecule has 0 unspecified atom stereocenters. The van der Waals surface area contributed by atoms with Crippen molar-refractivity contribution in [3.05, 3.63) is 104 Å². The standard InChI is InChI=1S/C30H36O3SSi/c1-6-29(5)22-23-30(29,34(31,32)25-16-10-7-11-17-25)24-33-35(28(2,3)4,26-18-12-8-13-19-26)27-20-14-9-15-21-27/h6-21H,1,22-24H2,2-5H3/t29-,30+/m0/s1. The van der Waals surface area contributed by atoms with Gasteiger partial charge in [-0.3, -0.25) is 0 Å². The lowest BCUT2D eigenvalue weighted by atomic mass is 9.61. The number of hydrogen-bond donors (Lipinski definition) is 0. The van der Waals surface area contributed by atoms with E-state index in [1.165, 1.54) is 0 Å². The summed E-state index contributed by atoms with van der Waals surface area (Å²) in [5.41, 5.74) is -0.576. The molecule has 184 valence electrons. The largest absolute Gasteiger partial charge is 0.406 e. The van der Waals surface area contributed by atoms with E-state index in [0.29, 0.717) is 11.3 Å². The Morgan fingerprint density at radius 2 is 1.31 bits per heavy atom. The van der Waals surface area contributed by atoms with Crippen molar-refractivity contribution in [3.8, 4) is 0 Å². The van der Waals surface area contributed by atoms with Crippen LogP contribution in [0, 0.1) is 5.41 Å². The van der Waals surface area contributed by atoms with Gasteiger partial charge in [-0.1, -0.05) is 113 Å². The fraction of sp³-hybridized carbons (Fsp3) is 0.333. The Kier molecular flexibility index (Phi) is 6.73. The number of benzene rings is 3. The van der Waals surface area contributed by atoms with Crippen LogP contribution in [0.3, 0.4) is 0 Å². The van der Waals surface area contributed by atoms with Crippen molar-refractivity contribution >= 4 is 28.5 Å². The van der Waals surface area contributed by atoms with Crippen LogP contribution < -0.4 is 10.4 Å². The first kappa shape index (κ1) is 25.6. The van der Waals surface area contributed by atoms with Crippen LogP contribution in [0.4, 0.5) is 0 Å². The van der Waals surface area contributed by atoms with Crippen LogP contribution in [-0.2, 0) is 14.3 Å². The minimum Gasteiger partial charge on any atom is -0.406 e. The lowest BCUT2D eigenvalue weighted by molar-refractivity contribution is 0.0755. The quantitative estimate of drug-likeness (QED) is 0.289. The van der Waals surface area contributed by atoms with E-state index < -0.39 is 28.3 Å². The van der Waals surface area contributed by atoms with Crippen molar-refractivity contribution in [1.82, 2.24) is 0 Å². The van der Waals surface area contributed by atoms with Gasteiger partial charge in [0.15, 0.2) is 9.84 Å². The maximum atomic E-state index is 14.2. The average molecular weight is 505 g/mol. The van der Waals surface area contributed by atoms with Crippen molar-refractivity contribution in [2.24, 2.45) is 5.41 Å². The fourth-order valence-corrected chi connectivity index (χ4v) is 12.7. The Bertz CT molecular complexity index is 1230. The van der Waals surface area contributed by atoms with Crippen molar-refractivity contribution in [1.29, 1.82) is 0 Å². The zero-order valence-electron chi connectivity index (χ0n) is 21.2. The highest BCUT2D eigenvalue weighted by atomic mass is 32.2. The van der Waals surface area contributed by atoms with Crippen LogP contribution in [0.2, 0.25) is 5.04 Å². The van der Waals surface area contributed by atoms with E-state index in [9.17, 15) is 8.42 Å². The second-order valence-electron chi connectivity index (χ2n) is 10.9. The molecule has 0 N–H and O–H groups in total. The zero-order valence-corrected chi connectivity index (χ0v) is 23.0. The number of sulfone groups is 1. The average Bonchev–Trinajstić information content (AvgIpc) is 2.86. The predicted molar refractivity (Wildman–Crippen MR) is 147 cm³/mol. The van der Waals surface area contributed by atoms with Crippen molar-refractivity contribution in [2.45, 2.75) is 55.2 Å². The zero-order chi connectivity index (χ0) is 25.4. The summed E-state index contributed by atoms with van der Waals surface area (Å²) in [6, 6.07) is 29.6. The molecule has 1 aliphatic rings. The van der Waals surface area contributed by atoms with Gasteiger partial charge in [0, 0.05) is 5.41 Å². The highest BCUT2D eigenvalue weighted by Crippen LogP contribution is 2.58. The molecule has 0 aromatic heterocycles. The summed E-state index contributed by atoms with van der Waals surface area (Å²) in [5, 5.41) is 2.05. The van der Waals surface area contributed by atoms with Gasteiger partial charge in [-0.25, -0.2) is 8.42 Å². The number of rotatable bonds is 8. The molecule has 0 heterocycles. The Morgan fingerprint density at radius 1 is 0.857 bits per heavy atom. The Balaban J connectivity index is 1.89. The van der Waals surface area contributed by atoms with Gasteiger partial charge in [0.25, 0.3) is 8.32 Å². The SMILES string of the molecule is C=C[C@@]1(C)CC[C@]1(CO[Si](c1ccccc1)(c1ccccc1)C(C)(C)C)S(=O)(=O)c1ccccc1. The molecule has 1 aliphatic carbocycles. The predicted octanol–water partition coefficient (Wildman–Crippen LogP) is 5.76. The fourth-order valence-electron chi connectivity index (χ4n) is 5.65. The summed E-state index contributed by atoms with van der Waals surface area (Å²) in [7, 11) is -6.59. The maximum Gasteiger partial charge on any atom is 0.261 e. The molecule has 3 aromatic carbocycles. The van der Waals surface area contributed by atoms with E-state index in [-0.39, 0.29) is 11.6 Å². The van der Waals surface area contributed by atoms with Crippen molar-refractivity contribution in [2.75, 3.05) is 6.61 Å². The van der Waals surface area contributed by atoms with Crippen LogP contribution >= 0.6 is 0 Å². The van der Waals surface area contributed by atoms with Crippen LogP contribution in [0.5, 0.6) is 0 Å². The van der Waals surface area contributed by atoms with Gasteiger partial charge in [0.1, 0.15) is 4.75 Å². The Hall–Kier alpha value is -2.47. The second kappa shape index (κ2) is 9.19. The molecule has 0 bridgehead atoms. The second-order valence-corrected chi connectivity index (χ2v) is 17.4. The molecule has 5 heteroatoms. The lowest BCUT2D eigenvalue weighted by Crippen LogP contribution is -2.70. The first-order valence-electron chi connectivity index (χ1n) is 12.2. The first-order chi connectivity index (χ1) is 16.5. The molecule has 3 aromatic rings. The third-order valence-electron chi connectivity index (χ3n) is 8.05. The summed E-state index contributed by atoms with van der Waals surface area (Å²) in [4.78, 5) is 0.346. The highest BCUT2D eigenvalue weighted by Gasteiger charge is 2.64. The summed E-state index contributed by atoms with van der Waals surface area (Å²) < 4.78 is 34.6. The first-order valence-corrected chi connectivity index (χ1v) is 15.6. The number of hydrogen-bond acceptors (Lipinski definition) is 3. The molecule has 0 saturated heterocycles. The van der Waals surface area contributed by atoms with E-state index in [2.05, 4.69) is 51.6 Å². The Morgan fingerprint density at radius 3 is 1.69 bits per heavy atom. The van der Waals surface area contributed by atoms with Crippen molar-refractivity contribution in [3.63, 3.8) is 0 Å².